The molecule has 4 aromatic rings. The number of fused-ring (bicyclic) bond motifs is 3. The number of aromatic nitrogens is 1. The Bertz CT molecular complexity index is 1380. The minimum Gasteiger partial charge on any atom is -0.399 e. The molecule has 1 aliphatic rings. The summed E-state index contributed by atoms with van der Waals surface area (Å²) < 4.78 is 94.2. The Labute approximate surface area is 203 Å². The molecule has 3 nitrogen and oxygen atoms in total. The number of rotatable bonds is 2. The summed E-state index contributed by atoms with van der Waals surface area (Å²) in [6.45, 7) is 7.74. The quantitative estimate of drug-likeness (QED) is 0.214. The van der Waals surface area contributed by atoms with Gasteiger partial charge in [0.15, 0.2) is 0 Å². The molecule has 10 heteroatoms. The molecule has 188 valence electrons. The topological polar surface area (TPSA) is 23.4 Å². The van der Waals surface area contributed by atoms with Gasteiger partial charge in [-0.15, -0.1) is 0 Å². The van der Waals surface area contributed by atoms with Crippen LogP contribution >= 0.6 is 0 Å². The lowest BCUT2D eigenvalue weighted by Gasteiger charge is -2.32. The van der Waals surface area contributed by atoms with Gasteiger partial charge in [0, 0.05) is 16.5 Å². The van der Waals surface area contributed by atoms with Crippen LogP contribution in [-0.2, 0) is 21.7 Å². The molecule has 5 rings (SSSR count). The van der Waals surface area contributed by atoms with E-state index in [1.807, 2.05) is 27.7 Å². The molecule has 0 bridgehead atoms. The Hall–Kier alpha value is -2.98. The molecule has 0 radical (unpaired) electrons. The summed E-state index contributed by atoms with van der Waals surface area (Å²) in [4.78, 5) is 0. The summed E-state index contributed by atoms with van der Waals surface area (Å²) in [5, 5.41) is 0.168. The maximum atomic E-state index is 13.4. The van der Waals surface area contributed by atoms with Crippen molar-refractivity contribution < 1.29 is 35.7 Å². The highest BCUT2D eigenvalue weighted by Crippen LogP contribution is 2.40. The molecule has 0 unspecified atom stereocenters. The molecule has 3 aromatic carbocycles. The van der Waals surface area contributed by atoms with Crippen molar-refractivity contribution in [3.8, 4) is 5.69 Å². The van der Waals surface area contributed by atoms with Crippen LogP contribution in [0.4, 0.5) is 26.3 Å². The zero-order valence-electron chi connectivity index (χ0n) is 19.9. The predicted molar refractivity (Wildman–Crippen MR) is 127 cm³/mol. The number of benzene rings is 3. The lowest BCUT2D eigenvalue weighted by atomic mass is 9.79. The molecule has 0 aliphatic carbocycles. The second-order valence-corrected chi connectivity index (χ2v) is 9.97. The second kappa shape index (κ2) is 7.76. The van der Waals surface area contributed by atoms with E-state index in [9.17, 15) is 26.3 Å². The van der Waals surface area contributed by atoms with E-state index in [4.69, 9.17) is 9.31 Å². The minimum absolute atomic E-state index is 0.0842. The van der Waals surface area contributed by atoms with Crippen molar-refractivity contribution in [2.24, 2.45) is 0 Å². The minimum atomic E-state index is -4.63. The molecule has 36 heavy (non-hydrogen) atoms. The average Bonchev–Trinajstić information content (AvgIpc) is 3.21. The highest BCUT2D eigenvalue weighted by molar-refractivity contribution is 6.62. The first-order chi connectivity index (χ1) is 16.6. The van der Waals surface area contributed by atoms with E-state index < -0.39 is 41.8 Å². The monoisotopic (exact) mass is 505 g/mol. The largest absolute Gasteiger partial charge is 0.494 e. The number of hydrogen-bond donors (Lipinski definition) is 0. The molecule has 0 N–H and O–H groups in total. The number of halogens is 6. The highest BCUT2D eigenvalue weighted by Gasteiger charge is 2.51. The van der Waals surface area contributed by atoms with Crippen molar-refractivity contribution in [3.63, 3.8) is 0 Å². The van der Waals surface area contributed by atoms with Gasteiger partial charge >= 0.3 is 19.5 Å². The lowest BCUT2D eigenvalue weighted by Crippen LogP contribution is -2.41. The molecule has 1 saturated heterocycles. The van der Waals surface area contributed by atoms with Gasteiger partial charge in [0.1, 0.15) is 0 Å². The predicted octanol–water partition coefficient (Wildman–Crippen LogP) is 7.12. The summed E-state index contributed by atoms with van der Waals surface area (Å²) in [5.41, 5.74) is -0.872. The Balaban J connectivity index is 1.66. The van der Waals surface area contributed by atoms with Gasteiger partial charge in [-0.2, -0.15) is 26.3 Å². The van der Waals surface area contributed by atoms with E-state index in [1.165, 1.54) is 12.1 Å². The van der Waals surface area contributed by atoms with Crippen LogP contribution in [0.15, 0.2) is 60.7 Å². The fourth-order valence-corrected chi connectivity index (χ4v) is 4.41. The molecule has 0 saturated carbocycles. The van der Waals surface area contributed by atoms with E-state index in [2.05, 4.69) is 0 Å². The Morgan fingerprint density at radius 1 is 0.639 bits per heavy atom. The third-order valence-corrected chi connectivity index (χ3v) is 7.10. The van der Waals surface area contributed by atoms with Crippen LogP contribution in [0.2, 0.25) is 0 Å². The van der Waals surface area contributed by atoms with Crippen LogP contribution in [-0.4, -0.2) is 22.9 Å². The molecule has 1 fully saturated rings. The van der Waals surface area contributed by atoms with Crippen LogP contribution in [0.1, 0.15) is 38.8 Å². The van der Waals surface area contributed by atoms with E-state index in [0.717, 1.165) is 29.7 Å². The van der Waals surface area contributed by atoms with Crippen LogP contribution in [0, 0.1) is 0 Å². The summed E-state index contributed by atoms with van der Waals surface area (Å²) in [5.74, 6) is 0. The normalized spacial score (nSPS) is 17.9. The van der Waals surface area contributed by atoms with Gasteiger partial charge in [0.05, 0.1) is 33.4 Å². The van der Waals surface area contributed by atoms with Gasteiger partial charge in [-0.3, -0.25) is 0 Å². The van der Waals surface area contributed by atoms with E-state index in [1.54, 1.807) is 28.8 Å². The number of nitrogens with zero attached hydrogens (tertiary/aromatic N) is 1. The Kier molecular flexibility index (Phi) is 5.33. The first kappa shape index (κ1) is 24.7. The summed E-state index contributed by atoms with van der Waals surface area (Å²) >= 11 is 0. The summed E-state index contributed by atoms with van der Waals surface area (Å²) in [7, 11) is -0.606. The fourth-order valence-electron chi connectivity index (χ4n) is 4.41. The van der Waals surface area contributed by atoms with Crippen molar-refractivity contribution >= 4 is 34.4 Å². The van der Waals surface area contributed by atoms with Crippen LogP contribution in [0.5, 0.6) is 0 Å². The van der Waals surface area contributed by atoms with E-state index in [0.29, 0.717) is 16.7 Å². The van der Waals surface area contributed by atoms with Crippen molar-refractivity contribution in [2.45, 2.75) is 51.2 Å². The second-order valence-electron chi connectivity index (χ2n) is 9.97. The van der Waals surface area contributed by atoms with Crippen molar-refractivity contribution in [3.05, 3.63) is 71.8 Å². The SMILES string of the molecule is CC1(C)OB(c2ccc(-n3c4ccc(C(F)(F)F)cc4c4cc(C(F)(F)F)ccc43)cc2)OC1(C)C. The molecular weight excluding hydrogens is 483 g/mol. The molecule has 0 amide bonds. The molecule has 0 atom stereocenters. The Morgan fingerprint density at radius 2 is 1.06 bits per heavy atom. The Morgan fingerprint density at radius 3 is 1.44 bits per heavy atom. The third kappa shape index (κ3) is 3.96. The fraction of sp³-hybridized carbons (Fsp3) is 0.308. The standard InChI is InChI=1S/C26H22BF6NO2/c1-23(2)24(3,4)36-27(35-23)17-7-9-18(10-8-17)34-21-11-5-15(25(28,29)30)13-19(21)20-14-16(26(31,32)33)6-12-22(20)34/h5-14H,1-4H3. The maximum absolute atomic E-state index is 13.4. The molecule has 0 spiro atoms. The van der Waals surface area contributed by atoms with Crippen molar-refractivity contribution in [1.82, 2.24) is 4.57 Å². The number of hydrogen-bond acceptors (Lipinski definition) is 2. The molecule has 1 aliphatic heterocycles. The average molecular weight is 505 g/mol. The van der Waals surface area contributed by atoms with Crippen molar-refractivity contribution in [2.75, 3.05) is 0 Å². The first-order valence-corrected chi connectivity index (χ1v) is 11.3. The first-order valence-electron chi connectivity index (χ1n) is 11.3. The van der Waals surface area contributed by atoms with Gasteiger partial charge in [-0.05, 0) is 81.7 Å². The van der Waals surface area contributed by atoms with Crippen molar-refractivity contribution in [1.29, 1.82) is 0 Å². The zero-order valence-corrected chi connectivity index (χ0v) is 19.9. The highest BCUT2D eigenvalue weighted by atomic mass is 19.4. The molecular formula is C26H22BF6NO2. The third-order valence-electron chi connectivity index (χ3n) is 7.10. The van der Waals surface area contributed by atoms with Gasteiger partial charge in [-0.1, -0.05) is 12.1 Å². The molecule has 2 heterocycles. The summed E-state index contributed by atoms with van der Waals surface area (Å²) in [6, 6.07) is 13.3. The van der Waals surface area contributed by atoms with Crippen LogP contribution in [0.3, 0.4) is 0 Å². The van der Waals surface area contributed by atoms with Crippen LogP contribution in [0.25, 0.3) is 27.5 Å². The maximum Gasteiger partial charge on any atom is 0.494 e. The number of alkyl halides is 6. The lowest BCUT2D eigenvalue weighted by molar-refractivity contribution is -0.138. The van der Waals surface area contributed by atoms with Gasteiger partial charge < -0.3 is 13.9 Å². The molecule has 1 aromatic heterocycles. The van der Waals surface area contributed by atoms with Gasteiger partial charge in [0.25, 0.3) is 0 Å². The van der Waals surface area contributed by atoms with Gasteiger partial charge in [0.2, 0.25) is 0 Å². The van der Waals surface area contributed by atoms with E-state index in [-0.39, 0.29) is 10.8 Å². The smallest absolute Gasteiger partial charge is 0.399 e. The summed E-state index contributed by atoms with van der Waals surface area (Å²) in [6.07, 6.45) is -9.26. The zero-order chi connectivity index (χ0) is 26.3. The van der Waals surface area contributed by atoms with Crippen LogP contribution < -0.4 is 5.46 Å². The van der Waals surface area contributed by atoms with Gasteiger partial charge in [-0.25, -0.2) is 0 Å². The van der Waals surface area contributed by atoms with E-state index >= 15 is 0 Å².